The summed E-state index contributed by atoms with van der Waals surface area (Å²) in [6.07, 6.45) is 3.52. The molecule has 0 radical (unpaired) electrons. The summed E-state index contributed by atoms with van der Waals surface area (Å²) >= 11 is 0. The molecule has 4 nitrogen and oxygen atoms in total. The number of rotatable bonds is 2. The molecule has 2 aromatic heterocycles. The van der Waals surface area contributed by atoms with Crippen molar-refractivity contribution in [2.24, 2.45) is 0 Å². The Morgan fingerprint density at radius 3 is 2.56 bits per heavy atom. The van der Waals surface area contributed by atoms with Crippen molar-refractivity contribution in [2.45, 2.75) is 0 Å². The smallest absolute Gasteiger partial charge is 0.123 e. The lowest BCUT2D eigenvalue weighted by Gasteiger charge is -2.04. The zero-order valence-electron chi connectivity index (χ0n) is 9.67. The number of H-pyrrole nitrogens is 1. The van der Waals surface area contributed by atoms with Gasteiger partial charge in [0.2, 0.25) is 0 Å². The largest absolute Gasteiger partial charge is 0.384 e. The number of aromatic nitrogens is 3. The molecule has 0 aliphatic heterocycles. The Bertz CT molecular complexity index is 642. The van der Waals surface area contributed by atoms with E-state index in [1.54, 1.807) is 18.5 Å². The standard InChI is InChI=1S/C14H12N4/c15-14-5-4-12(9-16-14)10-2-1-3-11(8-10)13-6-7-17-18-13/h1-9H,(H2,15,16)(H,17,18). The Morgan fingerprint density at radius 1 is 0.944 bits per heavy atom. The van der Waals surface area contributed by atoms with Gasteiger partial charge >= 0.3 is 0 Å². The molecule has 0 amide bonds. The monoisotopic (exact) mass is 236 g/mol. The first-order valence-corrected chi connectivity index (χ1v) is 5.65. The highest BCUT2D eigenvalue weighted by atomic mass is 15.1. The van der Waals surface area contributed by atoms with Crippen molar-refractivity contribution in [3.8, 4) is 22.4 Å². The fourth-order valence-corrected chi connectivity index (χ4v) is 1.86. The first-order valence-electron chi connectivity index (χ1n) is 5.65. The number of nitrogens with zero attached hydrogens (tertiary/aromatic N) is 2. The van der Waals surface area contributed by atoms with E-state index in [1.807, 2.05) is 30.3 Å². The van der Waals surface area contributed by atoms with E-state index in [2.05, 4.69) is 21.2 Å². The fourth-order valence-electron chi connectivity index (χ4n) is 1.86. The maximum Gasteiger partial charge on any atom is 0.123 e. The first kappa shape index (κ1) is 10.5. The summed E-state index contributed by atoms with van der Waals surface area (Å²) in [4.78, 5) is 4.11. The van der Waals surface area contributed by atoms with Crippen LogP contribution in [0.15, 0.2) is 54.9 Å². The topological polar surface area (TPSA) is 67.6 Å². The number of pyridine rings is 1. The van der Waals surface area contributed by atoms with Gasteiger partial charge in [0, 0.05) is 23.5 Å². The van der Waals surface area contributed by atoms with Crippen LogP contribution in [0.2, 0.25) is 0 Å². The summed E-state index contributed by atoms with van der Waals surface area (Å²) in [6.45, 7) is 0. The van der Waals surface area contributed by atoms with Gasteiger partial charge in [-0.05, 0) is 29.8 Å². The Morgan fingerprint density at radius 2 is 1.83 bits per heavy atom. The van der Waals surface area contributed by atoms with Crippen LogP contribution in [0.5, 0.6) is 0 Å². The van der Waals surface area contributed by atoms with E-state index in [4.69, 9.17) is 5.73 Å². The molecular weight excluding hydrogens is 224 g/mol. The summed E-state index contributed by atoms with van der Waals surface area (Å²) in [7, 11) is 0. The second-order valence-electron chi connectivity index (χ2n) is 4.02. The van der Waals surface area contributed by atoms with Crippen molar-refractivity contribution in [3.05, 3.63) is 54.9 Å². The molecule has 0 bridgehead atoms. The number of nitrogen functional groups attached to an aromatic ring is 1. The van der Waals surface area contributed by atoms with Crippen molar-refractivity contribution in [3.63, 3.8) is 0 Å². The summed E-state index contributed by atoms with van der Waals surface area (Å²) in [5.41, 5.74) is 9.84. The summed E-state index contributed by atoms with van der Waals surface area (Å²) in [5, 5.41) is 6.91. The van der Waals surface area contributed by atoms with E-state index in [9.17, 15) is 0 Å². The number of hydrogen-bond acceptors (Lipinski definition) is 3. The highest BCUT2D eigenvalue weighted by Gasteiger charge is 2.02. The Kier molecular flexibility index (Phi) is 2.53. The maximum absolute atomic E-state index is 5.59. The van der Waals surface area contributed by atoms with Gasteiger partial charge in [-0.3, -0.25) is 5.10 Å². The third-order valence-electron chi connectivity index (χ3n) is 2.79. The highest BCUT2D eigenvalue weighted by Crippen LogP contribution is 2.24. The van der Waals surface area contributed by atoms with Crippen LogP contribution in [0.4, 0.5) is 5.82 Å². The third-order valence-corrected chi connectivity index (χ3v) is 2.79. The molecule has 0 atom stereocenters. The molecule has 3 rings (SSSR count). The average Bonchev–Trinajstić information content (AvgIpc) is 2.94. The van der Waals surface area contributed by atoms with Crippen molar-refractivity contribution >= 4 is 5.82 Å². The summed E-state index contributed by atoms with van der Waals surface area (Å²) in [6, 6.07) is 13.9. The highest BCUT2D eigenvalue weighted by molar-refractivity contribution is 5.71. The zero-order chi connectivity index (χ0) is 12.4. The molecule has 3 aromatic rings. The number of nitrogens with two attached hydrogens (primary N) is 1. The van der Waals surface area contributed by atoms with Crippen molar-refractivity contribution < 1.29 is 0 Å². The summed E-state index contributed by atoms with van der Waals surface area (Å²) in [5.74, 6) is 0.531. The molecule has 0 aliphatic carbocycles. The number of nitrogens with one attached hydrogen (secondary N) is 1. The van der Waals surface area contributed by atoms with Crippen LogP contribution in [0.3, 0.4) is 0 Å². The molecule has 0 spiro atoms. The van der Waals surface area contributed by atoms with E-state index in [-0.39, 0.29) is 0 Å². The molecule has 0 saturated heterocycles. The Hall–Kier alpha value is -2.62. The van der Waals surface area contributed by atoms with Crippen LogP contribution in [-0.2, 0) is 0 Å². The third kappa shape index (κ3) is 1.96. The van der Waals surface area contributed by atoms with Crippen LogP contribution in [-0.4, -0.2) is 15.2 Å². The molecule has 4 heteroatoms. The number of anilines is 1. The molecule has 0 saturated carbocycles. The molecule has 0 fully saturated rings. The van der Waals surface area contributed by atoms with Crippen molar-refractivity contribution in [1.82, 2.24) is 15.2 Å². The predicted molar refractivity (Wildman–Crippen MR) is 71.7 cm³/mol. The SMILES string of the molecule is Nc1ccc(-c2cccc(-c3ccn[nH]3)c2)cn1. The summed E-state index contributed by atoms with van der Waals surface area (Å²) < 4.78 is 0. The van der Waals surface area contributed by atoms with Gasteiger partial charge in [0.25, 0.3) is 0 Å². The van der Waals surface area contributed by atoms with Gasteiger partial charge in [-0.2, -0.15) is 5.10 Å². The zero-order valence-corrected chi connectivity index (χ0v) is 9.67. The Balaban J connectivity index is 2.03. The van der Waals surface area contributed by atoms with Gasteiger partial charge in [0.15, 0.2) is 0 Å². The minimum absolute atomic E-state index is 0.531. The molecule has 1 aromatic carbocycles. The van der Waals surface area contributed by atoms with Gasteiger partial charge in [-0.1, -0.05) is 18.2 Å². The number of hydrogen-bond donors (Lipinski definition) is 2. The van der Waals surface area contributed by atoms with E-state index < -0.39 is 0 Å². The van der Waals surface area contributed by atoms with E-state index in [0.29, 0.717) is 5.82 Å². The van der Waals surface area contributed by atoms with Gasteiger partial charge in [-0.15, -0.1) is 0 Å². The molecular formula is C14H12N4. The normalized spacial score (nSPS) is 10.4. The maximum atomic E-state index is 5.59. The first-order chi connectivity index (χ1) is 8.83. The second kappa shape index (κ2) is 4.33. The van der Waals surface area contributed by atoms with E-state index >= 15 is 0 Å². The second-order valence-corrected chi connectivity index (χ2v) is 4.02. The average molecular weight is 236 g/mol. The van der Waals surface area contributed by atoms with Crippen LogP contribution in [0.25, 0.3) is 22.4 Å². The van der Waals surface area contributed by atoms with Gasteiger partial charge < -0.3 is 5.73 Å². The molecule has 0 unspecified atom stereocenters. The lowest BCUT2D eigenvalue weighted by atomic mass is 10.0. The predicted octanol–water partition coefficient (Wildman–Crippen LogP) is 2.72. The molecule has 88 valence electrons. The van der Waals surface area contributed by atoms with Crippen LogP contribution >= 0.6 is 0 Å². The lowest BCUT2D eigenvalue weighted by molar-refractivity contribution is 1.10. The number of aromatic amines is 1. The fraction of sp³-hybridized carbons (Fsp3) is 0. The van der Waals surface area contributed by atoms with E-state index in [1.165, 1.54) is 0 Å². The molecule has 2 heterocycles. The number of benzene rings is 1. The lowest BCUT2D eigenvalue weighted by Crippen LogP contribution is -1.89. The van der Waals surface area contributed by atoms with E-state index in [0.717, 1.165) is 22.4 Å². The molecule has 18 heavy (non-hydrogen) atoms. The molecule has 0 aliphatic rings. The van der Waals surface area contributed by atoms with Gasteiger partial charge in [0.1, 0.15) is 5.82 Å². The van der Waals surface area contributed by atoms with Crippen molar-refractivity contribution in [1.29, 1.82) is 0 Å². The quantitative estimate of drug-likeness (QED) is 0.718. The van der Waals surface area contributed by atoms with Gasteiger partial charge in [0.05, 0.1) is 5.69 Å². The Labute approximate surface area is 105 Å². The minimum atomic E-state index is 0.531. The van der Waals surface area contributed by atoms with Gasteiger partial charge in [-0.25, -0.2) is 4.98 Å². The minimum Gasteiger partial charge on any atom is -0.384 e. The van der Waals surface area contributed by atoms with Crippen LogP contribution in [0.1, 0.15) is 0 Å². The van der Waals surface area contributed by atoms with Crippen LogP contribution < -0.4 is 5.73 Å². The molecule has 3 N–H and O–H groups in total. The van der Waals surface area contributed by atoms with Crippen molar-refractivity contribution in [2.75, 3.05) is 5.73 Å². The van der Waals surface area contributed by atoms with Crippen LogP contribution in [0, 0.1) is 0 Å².